The average Bonchev–Trinajstić information content (AvgIpc) is 3.24. The predicted octanol–water partition coefficient (Wildman–Crippen LogP) is 15.3. The summed E-state index contributed by atoms with van der Waals surface area (Å²) in [4.78, 5) is 4.98. The quantitative estimate of drug-likeness (QED) is 0.114. The van der Waals surface area contributed by atoms with Crippen LogP contribution >= 0.6 is 0 Å². The third kappa shape index (κ3) is 6.69. The zero-order chi connectivity index (χ0) is 38.2. The molecule has 1 atom stereocenters. The van der Waals surface area contributed by atoms with Crippen molar-refractivity contribution in [2.24, 2.45) is 5.92 Å². The molecule has 0 aliphatic heterocycles. The zero-order valence-electron chi connectivity index (χ0n) is 32.6. The molecule has 0 N–H and O–H groups in total. The van der Waals surface area contributed by atoms with Crippen molar-refractivity contribution in [1.82, 2.24) is 0 Å². The lowest BCUT2D eigenvalue weighted by Gasteiger charge is -2.34. The lowest BCUT2D eigenvalue weighted by molar-refractivity contribution is 0.728. The van der Waals surface area contributed by atoms with Crippen LogP contribution in [0.5, 0.6) is 0 Å². The van der Waals surface area contributed by atoms with Gasteiger partial charge >= 0.3 is 0 Å². The van der Waals surface area contributed by atoms with Crippen LogP contribution < -0.4 is 9.80 Å². The highest BCUT2D eigenvalue weighted by atomic mass is 15.2. The molecule has 1 unspecified atom stereocenters. The van der Waals surface area contributed by atoms with Gasteiger partial charge in [-0.1, -0.05) is 157 Å². The van der Waals surface area contributed by atoms with Crippen LogP contribution in [0, 0.1) is 26.7 Å². The summed E-state index contributed by atoms with van der Waals surface area (Å²) in [5, 5.41) is 4.76. The van der Waals surface area contributed by atoms with Gasteiger partial charge in [0.15, 0.2) is 0 Å². The average molecular weight is 723 g/mol. The fraction of sp³-hybridized carbons (Fsp3) is 0.111. The van der Waals surface area contributed by atoms with Gasteiger partial charge in [0.1, 0.15) is 0 Å². The minimum Gasteiger partial charge on any atom is -0.310 e. The van der Waals surface area contributed by atoms with Crippen LogP contribution in [0.15, 0.2) is 194 Å². The number of allylic oxidation sites excluding steroid dienone is 3. The smallest absolute Gasteiger partial charge is 0.0620 e. The highest BCUT2D eigenvalue weighted by Gasteiger charge is 2.27. The molecule has 8 aromatic carbocycles. The second-order valence-electron chi connectivity index (χ2n) is 15.3. The van der Waals surface area contributed by atoms with Crippen LogP contribution in [0.3, 0.4) is 0 Å². The largest absolute Gasteiger partial charge is 0.310 e. The summed E-state index contributed by atoms with van der Waals surface area (Å²) < 4.78 is 0. The van der Waals surface area contributed by atoms with Crippen molar-refractivity contribution in [1.29, 1.82) is 0 Å². The van der Waals surface area contributed by atoms with E-state index >= 15 is 0 Å². The maximum absolute atomic E-state index is 2.51. The highest BCUT2D eigenvalue weighted by Crippen LogP contribution is 2.52. The van der Waals surface area contributed by atoms with E-state index in [0.29, 0.717) is 5.92 Å². The number of fused-ring (bicyclic) bond motifs is 2. The molecule has 2 nitrogen and oxygen atoms in total. The number of aryl methyl sites for hydroxylation is 3. The van der Waals surface area contributed by atoms with Crippen molar-refractivity contribution in [2.75, 3.05) is 9.80 Å². The van der Waals surface area contributed by atoms with Crippen LogP contribution in [0.1, 0.15) is 30.0 Å². The molecular weight excluding hydrogens is 677 g/mol. The second kappa shape index (κ2) is 14.9. The fourth-order valence-corrected chi connectivity index (χ4v) is 8.06. The van der Waals surface area contributed by atoms with Crippen LogP contribution in [-0.2, 0) is 0 Å². The van der Waals surface area contributed by atoms with Crippen LogP contribution in [-0.4, -0.2) is 0 Å². The Balaban J connectivity index is 1.46. The lowest BCUT2D eigenvalue weighted by Crippen LogP contribution is -2.19. The molecule has 56 heavy (non-hydrogen) atoms. The SMILES string of the molecule is Cc1ccc(N(C2=CCC(C)C=C2)c2c3cc(-c4ccccc4)ccc3c(N(c3ccc(C)cc3)c3ccc(C)cc3)c3cc(-c4ccccc4)ccc23)cc1. The van der Waals surface area contributed by atoms with Gasteiger partial charge in [-0.15, -0.1) is 0 Å². The molecule has 2 heteroatoms. The van der Waals surface area contributed by atoms with Gasteiger partial charge < -0.3 is 9.80 Å². The van der Waals surface area contributed by atoms with E-state index < -0.39 is 0 Å². The maximum Gasteiger partial charge on any atom is 0.0620 e. The number of nitrogens with zero attached hydrogens (tertiary/aromatic N) is 2. The maximum atomic E-state index is 2.51. The van der Waals surface area contributed by atoms with Crippen molar-refractivity contribution in [3.63, 3.8) is 0 Å². The first-order valence-electron chi connectivity index (χ1n) is 19.7. The summed E-state index contributed by atoms with van der Waals surface area (Å²) in [6, 6.07) is 62.7. The van der Waals surface area contributed by atoms with Gasteiger partial charge in [0.05, 0.1) is 11.4 Å². The predicted molar refractivity (Wildman–Crippen MR) is 241 cm³/mol. The summed E-state index contributed by atoms with van der Waals surface area (Å²) in [6.07, 6.45) is 8.09. The minimum atomic E-state index is 0.491. The summed E-state index contributed by atoms with van der Waals surface area (Å²) in [5.41, 5.74) is 15.4. The lowest BCUT2D eigenvalue weighted by atomic mass is 9.90. The van der Waals surface area contributed by atoms with E-state index in [0.717, 1.165) is 29.2 Å². The molecular formula is C54H46N2. The van der Waals surface area contributed by atoms with E-state index in [4.69, 9.17) is 0 Å². The molecule has 1 aliphatic rings. The molecule has 9 rings (SSSR count). The Kier molecular flexibility index (Phi) is 9.33. The number of anilines is 5. The first-order chi connectivity index (χ1) is 27.4. The summed E-state index contributed by atoms with van der Waals surface area (Å²) in [6.45, 7) is 8.77. The molecule has 0 saturated carbocycles. The third-order valence-corrected chi connectivity index (χ3v) is 11.2. The molecule has 0 bridgehead atoms. The van der Waals surface area contributed by atoms with Crippen molar-refractivity contribution in [2.45, 2.75) is 34.1 Å². The third-order valence-electron chi connectivity index (χ3n) is 11.2. The molecule has 272 valence electrons. The van der Waals surface area contributed by atoms with Crippen molar-refractivity contribution >= 4 is 50.0 Å². The summed E-state index contributed by atoms with van der Waals surface area (Å²) in [7, 11) is 0. The Labute approximate surface area is 331 Å². The van der Waals surface area contributed by atoms with Crippen molar-refractivity contribution < 1.29 is 0 Å². The Morgan fingerprint density at radius 3 is 1.23 bits per heavy atom. The van der Waals surface area contributed by atoms with Crippen LogP contribution in [0.4, 0.5) is 28.4 Å². The molecule has 0 amide bonds. The molecule has 0 spiro atoms. The van der Waals surface area contributed by atoms with E-state index in [1.165, 1.54) is 71.9 Å². The monoisotopic (exact) mass is 722 g/mol. The van der Waals surface area contributed by atoms with Crippen LogP contribution in [0.2, 0.25) is 0 Å². The fourth-order valence-electron chi connectivity index (χ4n) is 8.06. The van der Waals surface area contributed by atoms with E-state index in [1.54, 1.807) is 0 Å². The molecule has 0 saturated heterocycles. The topological polar surface area (TPSA) is 6.48 Å². The minimum absolute atomic E-state index is 0.491. The molecule has 1 aliphatic carbocycles. The van der Waals surface area contributed by atoms with Crippen LogP contribution in [0.25, 0.3) is 43.8 Å². The standard InChI is InChI=1S/C54H46N2/c1-37-15-25-45(26-16-37)55(46-27-17-38(2)18-28-46)53-49-33-23-44(42-13-9-6-10-14-42)36-52(49)54(50-34-24-43(35-51(50)53)41-11-7-5-8-12-41)56(47-29-19-39(3)20-30-47)48-31-21-40(4)22-32-48/h5-21,23-36,40H,22H2,1-4H3. The number of hydrogen-bond acceptors (Lipinski definition) is 2. The van der Waals surface area contributed by atoms with Gasteiger partial charge in [-0.2, -0.15) is 0 Å². The van der Waals surface area contributed by atoms with Gasteiger partial charge in [0.25, 0.3) is 0 Å². The normalized spacial score (nSPS) is 13.9. The molecule has 0 fully saturated rings. The van der Waals surface area contributed by atoms with Gasteiger partial charge in [0, 0.05) is 44.3 Å². The number of benzene rings is 8. The van der Waals surface area contributed by atoms with Gasteiger partial charge in [-0.25, -0.2) is 0 Å². The van der Waals surface area contributed by atoms with Gasteiger partial charge in [-0.3, -0.25) is 0 Å². The highest BCUT2D eigenvalue weighted by molar-refractivity contribution is 6.24. The molecule has 0 heterocycles. The Bertz CT molecular complexity index is 2680. The molecule has 0 radical (unpaired) electrons. The Morgan fingerprint density at radius 1 is 0.411 bits per heavy atom. The Hall–Kier alpha value is -6.64. The van der Waals surface area contributed by atoms with Gasteiger partial charge in [0.2, 0.25) is 0 Å². The number of hydrogen-bond donors (Lipinski definition) is 0. The first kappa shape index (κ1) is 35.1. The summed E-state index contributed by atoms with van der Waals surface area (Å²) in [5.74, 6) is 0.491. The van der Waals surface area contributed by atoms with E-state index in [-0.39, 0.29) is 0 Å². The Morgan fingerprint density at radius 2 is 0.821 bits per heavy atom. The van der Waals surface area contributed by atoms with Crippen molar-refractivity contribution in [3.05, 3.63) is 210 Å². The van der Waals surface area contributed by atoms with E-state index in [1.807, 2.05) is 0 Å². The number of rotatable bonds is 8. The second-order valence-corrected chi connectivity index (χ2v) is 15.3. The summed E-state index contributed by atoms with van der Waals surface area (Å²) >= 11 is 0. The molecule has 0 aromatic heterocycles. The first-order valence-corrected chi connectivity index (χ1v) is 19.7. The molecule has 8 aromatic rings. The van der Waals surface area contributed by atoms with E-state index in [9.17, 15) is 0 Å². The van der Waals surface area contributed by atoms with Crippen molar-refractivity contribution in [3.8, 4) is 22.3 Å². The van der Waals surface area contributed by atoms with E-state index in [2.05, 4.69) is 226 Å². The zero-order valence-corrected chi connectivity index (χ0v) is 32.6. The van der Waals surface area contributed by atoms with Gasteiger partial charge in [-0.05, 0) is 110 Å².